The second-order valence-electron chi connectivity index (χ2n) is 3.03. The molecule has 0 aliphatic carbocycles. The molecular formula is C11H10BrN3O2. The Labute approximate surface area is 107 Å². The van der Waals surface area contributed by atoms with Gasteiger partial charge in [0, 0.05) is 6.20 Å². The van der Waals surface area contributed by atoms with Gasteiger partial charge in [-0.25, -0.2) is 4.98 Å². The molecule has 0 spiro atoms. The molecule has 0 aliphatic heterocycles. The number of aromatic nitrogens is 3. The van der Waals surface area contributed by atoms with Crippen LogP contribution in [0.5, 0.6) is 17.6 Å². The number of halogens is 1. The normalized spacial score (nSPS) is 10.0. The van der Waals surface area contributed by atoms with Crippen LogP contribution in [-0.2, 0) is 0 Å². The second-order valence-corrected chi connectivity index (χ2v) is 3.88. The maximum absolute atomic E-state index is 5.50. The van der Waals surface area contributed by atoms with Gasteiger partial charge in [-0.2, -0.15) is 9.97 Å². The fourth-order valence-electron chi connectivity index (χ4n) is 1.12. The van der Waals surface area contributed by atoms with E-state index >= 15 is 0 Å². The summed E-state index contributed by atoms with van der Waals surface area (Å²) < 4.78 is 11.4. The highest BCUT2D eigenvalue weighted by Crippen LogP contribution is 2.26. The summed E-state index contributed by atoms with van der Waals surface area (Å²) in [7, 11) is 0. The minimum absolute atomic E-state index is 0.333. The highest BCUT2D eigenvalue weighted by Gasteiger charge is 2.04. The van der Waals surface area contributed by atoms with Crippen molar-refractivity contribution >= 4 is 15.9 Å². The molecular weight excluding hydrogens is 286 g/mol. The lowest BCUT2D eigenvalue weighted by Crippen LogP contribution is -1.97. The first kappa shape index (κ1) is 11.8. The van der Waals surface area contributed by atoms with Crippen molar-refractivity contribution < 1.29 is 9.47 Å². The Balaban J connectivity index is 2.11. The topological polar surface area (TPSA) is 57.1 Å². The van der Waals surface area contributed by atoms with E-state index in [0.29, 0.717) is 24.2 Å². The van der Waals surface area contributed by atoms with Gasteiger partial charge in [0.05, 0.1) is 23.5 Å². The summed E-state index contributed by atoms with van der Waals surface area (Å²) in [6.07, 6.45) is 4.73. The molecule has 0 atom stereocenters. The fraction of sp³-hybridized carbons (Fsp3) is 0.182. The van der Waals surface area contributed by atoms with Gasteiger partial charge in [0.2, 0.25) is 5.88 Å². The van der Waals surface area contributed by atoms with Gasteiger partial charge in [0.15, 0.2) is 5.75 Å². The van der Waals surface area contributed by atoms with Crippen molar-refractivity contribution in [3.63, 3.8) is 0 Å². The lowest BCUT2D eigenvalue weighted by atomic mass is 10.5. The van der Waals surface area contributed by atoms with E-state index in [1.165, 1.54) is 0 Å². The first-order chi connectivity index (χ1) is 8.29. The Morgan fingerprint density at radius 1 is 1.24 bits per heavy atom. The highest BCUT2D eigenvalue weighted by atomic mass is 79.9. The third-order valence-corrected chi connectivity index (χ3v) is 2.42. The van der Waals surface area contributed by atoms with E-state index in [0.717, 1.165) is 4.47 Å². The van der Waals surface area contributed by atoms with E-state index in [4.69, 9.17) is 9.47 Å². The number of ether oxygens (including phenoxy) is 2. The molecule has 2 heterocycles. The third kappa shape index (κ3) is 3.13. The van der Waals surface area contributed by atoms with E-state index in [-0.39, 0.29) is 0 Å². The smallest absolute Gasteiger partial charge is 0.316 e. The summed E-state index contributed by atoms with van der Waals surface area (Å²) in [4.78, 5) is 12.1. The number of rotatable bonds is 4. The van der Waals surface area contributed by atoms with Gasteiger partial charge in [-0.15, -0.1) is 0 Å². The van der Waals surface area contributed by atoms with E-state index in [9.17, 15) is 0 Å². The number of nitrogens with zero attached hydrogens (tertiary/aromatic N) is 3. The number of hydrogen-bond donors (Lipinski definition) is 0. The molecule has 0 fully saturated rings. The molecule has 0 unspecified atom stereocenters. The summed E-state index contributed by atoms with van der Waals surface area (Å²) in [6.45, 7) is 2.41. The number of pyridine rings is 1. The van der Waals surface area contributed by atoms with Crippen LogP contribution >= 0.6 is 15.9 Å². The van der Waals surface area contributed by atoms with Gasteiger partial charge in [-0.05, 0) is 35.0 Å². The van der Waals surface area contributed by atoms with Crippen molar-refractivity contribution in [2.45, 2.75) is 6.92 Å². The van der Waals surface area contributed by atoms with Crippen LogP contribution in [0.3, 0.4) is 0 Å². The Bertz CT molecular complexity index is 490. The maximum Gasteiger partial charge on any atom is 0.316 e. The number of hydrogen-bond acceptors (Lipinski definition) is 5. The van der Waals surface area contributed by atoms with Crippen molar-refractivity contribution in [1.29, 1.82) is 0 Å². The van der Waals surface area contributed by atoms with Crippen LogP contribution in [-0.4, -0.2) is 21.6 Å². The molecule has 5 nitrogen and oxygen atoms in total. The molecule has 2 aromatic rings. The van der Waals surface area contributed by atoms with Crippen molar-refractivity contribution in [2.24, 2.45) is 0 Å². The van der Waals surface area contributed by atoms with Gasteiger partial charge in [0.1, 0.15) is 0 Å². The summed E-state index contributed by atoms with van der Waals surface area (Å²) >= 11 is 3.34. The van der Waals surface area contributed by atoms with Gasteiger partial charge in [0.25, 0.3) is 0 Å². The quantitative estimate of drug-likeness (QED) is 0.868. The van der Waals surface area contributed by atoms with Crippen LogP contribution in [0.2, 0.25) is 0 Å². The van der Waals surface area contributed by atoms with Gasteiger partial charge < -0.3 is 9.47 Å². The van der Waals surface area contributed by atoms with E-state index in [1.807, 2.05) is 19.1 Å². The predicted molar refractivity (Wildman–Crippen MR) is 65.2 cm³/mol. The molecule has 17 heavy (non-hydrogen) atoms. The van der Waals surface area contributed by atoms with Gasteiger partial charge >= 0.3 is 6.01 Å². The van der Waals surface area contributed by atoms with Crippen molar-refractivity contribution in [3.8, 4) is 17.6 Å². The molecule has 88 valence electrons. The van der Waals surface area contributed by atoms with Crippen molar-refractivity contribution in [2.75, 3.05) is 6.61 Å². The minimum atomic E-state index is 0.333. The SMILES string of the molecule is CCOc1ncc(Oc2ncccc2Br)cn1. The average Bonchev–Trinajstić information content (AvgIpc) is 2.35. The van der Waals surface area contributed by atoms with Crippen LogP contribution in [0.4, 0.5) is 0 Å². The van der Waals surface area contributed by atoms with Crippen LogP contribution in [0.1, 0.15) is 6.92 Å². The molecule has 2 rings (SSSR count). The molecule has 6 heteroatoms. The molecule has 0 bridgehead atoms. The molecule has 0 radical (unpaired) electrons. The zero-order valence-electron chi connectivity index (χ0n) is 9.13. The predicted octanol–water partition coefficient (Wildman–Crippen LogP) is 2.83. The molecule has 0 N–H and O–H groups in total. The van der Waals surface area contributed by atoms with E-state index in [1.54, 1.807) is 18.6 Å². The molecule has 0 aromatic carbocycles. The van der Waals surface area contributed by atoms with Crippen LogP contribution < -0.4 is 9.47 Å². The lowest BCUT2D eigenvalue weighted by Gasteiger charge is -2.05. The van der Waals surface area contributed by atoms with Gasteiger partial charge in [-0.3, -0.25) is 0 Å². The third-order valence-electron chi connectivity index (χ3n) is 1.82. The van der Waals surface area contributed by atoms with Gasteiger partial charge in [-0.1, -0.05) is 0 Å². The van der Waals surface area contributed by atoms with Crippen LogP contribution in [0.15, 0.2) is 35.2 Å². The maximum atomic E-state index is 5.50. The largest absolute Gasteiger partial charge is 0.464 e. The van der Waals surface area contributed by atoms with Crippen molar-refractivity contribution in [3.05, 3.63) is 35.2 Å². The first-order valence-corrected chi connectivity index (χ1v) is 5.82. The molecule has 0 saturated carbocycles. The highest BCUT2D eigenvalue weighted by molar-refractivity contribution is 9.10. The van der Waals surface area contributed by atoms with Crippen molar-refractivity contribution in [1.82, 2.24) is 15.0 Å². The molecule has 2 aromatic heterocycles. The fourth-order valence-corrected chi connectivity index (χ4v) is 1.45. The average molecular weight is 296 g/mol. The summed E-state index contributed by atoms with van der Waals surface area (Å²) in [5.74, 6) is 0.980. The zero-order chi connectivity index (χ0) is 12.1. The Kier molecular flexibility index (Phi) is 3.87. The summed E-state index contributed by atoms with van der Waals surface area (Å²) in [5, 5.41) is 0. The molecule has 0 amide bonds. The van der Waals surface area contributed by atoms with Crippen LogP contribution in [0.25, 0.3) is 0 Å². The van der Waals surface area contributed by atoms with Crippen LogP contribution in [0, 0.1) is 0 Å². The summed E-state index contributed by atoms with van der Waals surface area (Å²) in [6, 6.07) is 3.99. The Morgan fingerprint density at radius 2 is 2.00 bits per heavy atom. The Morgan fingerprint density at radius 3 is 2.65 bits per heavy atom. The summed E-state index contributed by atoms with van der Waals surface area (Å²) in [5.41, 5.74) is 0. The lowest BCUT2D eigenvalue weighted by molar-refractivity contribution is 0.310. The molecule has 0 aliphatic rings. The van der Waals surface area contributed by atoms with E-state index in [2.05, 4.69) is 30.9 Å². The standard InChI is InChI=1S/C11H10BrN3O2/c1-2-16-11-14-6-8(7-15-11)17-10-9(12)4-3-5-13-10/h3-7H,2H2,1H3. The minimum Gasteiger partial charge on any atom is -0.464 e. The zero-order valence-corrected chi connectivity index (χ0v) is 10.7. The second kappa shape index (κ2) is 5.58. The molecule has 0 saturated heterocycles. The van der Waals surface area contributed by atoms with E-state index < -0.39 is 0 Å². The first-order valence-electron chi connectivity index (χ1n) is 5.03. The Hall–Kier alpha value is -1.69. The monoisotopic (exact) mass is 295 g/mol.